The molecule has 1 unspecified atom stereocenters. The summed E-state index contributed by atoms with van der Waals surface area (Å²) in [6.45, 7) is -0.00391. The molecule has 1 saturated carbocycles. The molecule has 1 aliphatic rings. The maximum absolute atomic E-state index is 14.1. The Morgan fingerprint density at radius 3 is 2.63 bits per heavy atom. The predicted molar refractivity (Wildman–Crippen MR) is 64.8 cm³/mol. The van der Waals surface area contributed by atoms with Crippen LogP contribution < -0.4 is 0 Å². The first-order valence-corrected chi connectivity index (χ1v) is 6.22. The average molecular weight is 270 g/mol. The fourth-order valence-electron chi connectivity index (χ4n) is 2.38. The van der Waals surface area contributed by atoms with Gasteiger partial charge in [-0.25, -0.2) is 8.78 Å². The van der Waals surface area contributed by atoms with Gasteiger partial charge in [-0.15, -0.1) is 0 Å². The summed E-state index contributed by atoms with van der Waals surface area (Å²) in [6.07, 6.45) is 1.59. The monoisotopic (exact) mass is 270 g/mol. The van der Waals surface area contributed by atoms with E-state index < -0.39 is 23.5 Å². The molecule has 104 valence electrons. The number of hydrogen-bond acceptors (Lipinski definition) is 2. The predicted octanol–water partition coefficient (Wildman–Crippen LogP) is 3.08. The molecule has 2 rings (SSSR count). The maximum Gasteiger partial charge on any atom is 0.303 e. The molecule has 19 heavy (non-hydrogen) atoms. The van der Waals surface area contributed by atoms with Crippen molar-refractivity contribution in [3.05, 3.63) is 34.9 Å². The first-order chi connectivity index (χ1) is 9.04. The standard InChI is InChI=1S/C14H16F2O3/c1-19-7-9-4-5-10(14(16)13(9)15)11(6-12(17)18)8-2-3-8/h4-5,8,11H,2-3,6-7H2,1H3,(H,17,18). The molecule has 0 saturated heterocycles. The normalized spacial score (nSPS) is 16.4. The van der Waals surface area contributed by atoms with Gasteiger partial charge in [-0.05, 0) is 24.3 Å². The second-order valence-corrected chi connectivity index (χ2v) is 4.92. The number of benzene rings is 1. The summed E-state index contributed by atoms with van der Waals surface area (Å²) < 4.78 is 32.7. The Labute approximate surface area is 110 Å². The number of rotatable bonds is 6. The van der Waals surface area contributed by atoms with Crippen LogP contribution >= 0.6 is 0 Å². The van der Waals surface area contributed by atoms with E-state index >= 15 is 0 Å². The Kier molecular flexibility index (Phi) is 4.14. The van der Waals surface area contributed by atoms with E-state index in [0.29, 0.717) is 0 Å². The van der Waals surface area contributed by atoms with Crippen molar-refractivity contribution in [2.45, 2.75) is 31.8 Å². The third kappa shape index (κ3) is 3.10. The highest BCUT2D eigenvalue weighted by Crippen LogP contribution is 2.45. The van der Waals surface area contributed by atoms with Crippen LogP contribution in [0.25, 0.3) is 0 Å². The van der Waals surface area contributed by atoms with Crippen molar-refractivity contribution in [2.75, 3.05) is 7.11 Å². The van der Waals surface area contributed by atoms with Gasteiger partial charge in [-0.1, -0.05) is 12.1 Å². The summed E-state index contributed by atoms with van der Waals surface area (Å²) in [5, 5.41) is 8.88. The van der Waals surface area contributed by atoms with Crippen molar-refractivity contribution in [3.63, 3.8) is 0 Å². The van der Waals surface area contributed by atoms with Gasteiger partial charge >= 0.3 is 5.97 Å². The van der Waals surface area contributed by atoms with E-state index in [1.807, 2.05) is 0 Å². The second-order valence-electron chi connectivity index (χ2n) is 4.92. The average Bonchev–Trinajstić information content (AvgIpc) is 3.17. The number of carboxylic acid groups (broad SMARTS) is 1. The molecule has 1 fully saturated rings. The first-order valence-electron chi connectivity index (χ1n) is 6.22. The zero-order valence-electron chi connectivity index (χ0n) is 10.7. The quantitative estimate of drug-likeness (QED) is 0.864. The number of carboxylic acids is 1. The van der Waals surface area contributed by atoms with Crippen molar-refractivity contribution >= 4 is 5.97 Å². The van der Waals surface area contributed by atoms with Gasteiger partial charge in [0.15, 0.2) is 11.6 Å². The molecule has 0 aliphatic heterocycles. The zero-order valence-corrected chi connectivity index (χ0v) is 10.7. The number of methoxy groups -OCH3 is 1. The number of aliphatic carboxylic acids is 1. The Bertz CT molecular complexity index is 484. The van der Waals surface area contributed by atoms with Gasteiger partial charge in [0, 0.05) is 18.6 Å². The summed E-state index contributed by atoms with van der Waals surface area (Å²) in [4.78, 5) is 10.8. The molecule has 1 atom stereocenters. The molecule has 1 aromatic carbocycles. The van der Waals surface area contributed by atoms with E-state index in [0.717, 1.165) is 12.8 Å². The summed E-state index contributed by atoms with van der Waals surface area (Å²) >= 11 is 0. The van der Waals surface area contributed by atoms with E-state index in [9.17, 15) is 13.6 Å². The van der Waals surface area contributed by atoms with Gasteiger partial charge in [0.1, 0.15) is 0 Å². The number of halogens is 2. The van der Waals surface area contributed by atoms with Crippen LogP contribution in [0.2, 0.25) is 0 Å². The highest BCUT2D eigenvalue weighted by Gasteiger charge is 2.36. The van der Waals surface area contributed by atoms with Crippen LogP contribution in [0.15, 0.2) is 12.1 Å². The van der Waals surface area contributed by atoms with Crippen LogP contribution in [0.3, 0.4) is 0 Å². The van der Waals surface area contributed by atoms with E-state index in [4.69, 9.17) is 9.84 Å². The van der Waals surface area contributed by atoms with Gasteiger partial charge < -0.3 is 9.84 Å². The highest BCUT2D eigenvalue weighted by molar-refractivity contribution is 5.68. The van der Waals surface area contributed by atoms with E-state index in [1.165, 1.54) is 19.2 Å². The van der Waals surface area contributed by atoms with Gasteiger partial charge in [-0.3, -0.25) is 4.79 Å². The van der Waals surface area contributed by atoms with E-state index in [-0.39, 0.29) is 30.1 Å². The van der Waals surface area contributed by atoms with Crippen LogP contribution in [0.1, 0.15) is 36.3 Å². The summed E-state index contributed by atoms with van der Waals surface area (Å²) in [5.41, 5.74) is 0.316. The summed E-state index contributed by atoms with van der Waals surface area (Å²) in [6, 6.07) is 2.95. The fraction of sp³-hybridized carbons (Fsp3) is 0.500. The fourth-order valence-corrected chi connectivity index (χ4v) is 2.38. The molecule has 0 heterocycles. The van der Waals surface area contributed by atoms with Gasteiger partial charge in [0.25, 0.3) is 0 Å². The molecule has 1 N–H and O–H groups in total. The highest BCUT2D eigenvalue weighted by atomic mass is 19.2. The molecule has 1 aliphatic carbocycles. The van der Waals surface area contributed by atoms with Crippen LogP contribution in [0, 0.1) is 17.6 Å². The minimum absolute atomic E-state index is 0.00391. The van der Waals surface area contributed by atoms with Crippen molar-refractivity contribution in [1.82, 2.24) is 0 Å². The van der Waals surface area contributed by atoms with E-state index in [1.54, 1.807) is 0 Å². The number of carbonyl (C=O) groups is 1. The lowest BCUT2D eigenvalue weighted by Crippen LogP contribution is -2.12. The van der Waals surface area contributed by atoms with E-state index in [2.05, 4.69) is 0 Å². The van der Waals surface area contributed by atoms with Crippen molar-refractivity contribution in [3.8, 4) is 0 Å². The molecular formula is C14H16F2O3. The van der Waals surface area contributed by atoms with Gasteiger partial charge in [0.05, 0.1) is 13.0 Å². The molecular weight excluding hydrogens is 254 g/mol. The Morgan fingerprint density at radius 2 is 2.11 bits per heavy atom. The Balaban J connectivity index is 2.32. The van der Waals surface area contributed by atoms with Crippen molar-refractivity contribution < 1.29 is 23.4 Å². The summed E-state index contributed by atoms with van der Waals surface area (Å²) in [7, 11) is 1.41. The van der Waals surface area contributed by atoms with Crippen LogP contribution in [0.4, 0.5) is 8.78 Å². The minimum atomic E-state index is -0.988. The second kappa shape index (κ2) is 5.65. The molecule has 0 aromatic heterocycles. The third-order valence-electron chi connectivity index (χ3n) is 3.48. The topological polar surface area (TPSA) is 46.5 Å². The molecule has 1 aromatic rings. The van der Waals surface area contributed by atoms with Crippen LogP contribution in [-0.4, -0.2) is 18.2 Å². The minimum Gasteiger partial charge on any atom is -0.481 e. The molecule has 0 bridgehead atoms. The van der Waals surface area contributed by atoms with Crippen molar-refractivity contribution in [2.24, 2.45) is 5.92 Å². The Hall–Kier alpha value is -1.49. The molecule has 0 radical (unpaired) electrons. The lowest BCUT2D eigenvalue weighted by Gasteiger charge is -2.16. The third-order valence-corrected chi connectivity index (χ3v) is 3.48. The van der Waals surface area contributed by atoms with Gasteiger partial charge in [0.2, 0.25) is 0 Å². The molecule has 3 nitrogen and oxygen atoms in total. The van der Waals surface area contributed by atoms with Crippen LogP contribution in [-0.2, 0) is 16.1 Å². The maximum atomic E-state index is 14.1. The molecule has 0 spiro atoms. The van der Waals surface area contributed by atoms with Crippen molar-refractivity contribution in [1.29, 1.82) is 0 Å². The smallest absolute Gasteiger partial charge is 0.303 e. The lowest BCUT2D eigenvalue weighted by atomic mass is 9.90. The lowest BCUT2D eigenvalue weighted by molar-refractivity contribution is -0.137. The van der Waals surface area contributed by atoms with Crippen LogP contribution in [0.5, 0.6) is 0 Å². The molecule has 0 amide bonds. The Morgan fingerprint density at radius 1 is 1.42 bits per heavy atom. The number of hydrogen-bond donors (Lipinski definition) is 1. The van der Waals surface area contributed by atoms with Gasteiger partial charge in [-0.2, -0.15) is 0 Å². The number of ether oxygens (including phenoxy) is 1. The largest absolute Gasteiger partial charge is 0.481 e. The zero-order chi connectivity index (χ0) is 14.0. The summed E-state index contributed by atoms with van der Waals surface area (Å²) in [5.74, 6) is -3.15. The first kappa shape index (κ1) is 13.9. The molecule has 5 heteroatoms. The SMILES string of the molecule is COCc1ccc(C(CC(=O)O)C2CC2)c(F)c1F.